The number of nitrogens with one attached hydrogen (secondary N) is 1. The number of benzene rings is 2. The molecule has 9 heteroatoms. The molecule has 162 valence electrons. The van der Waals surface area contributed by atoms with E-state index in [2.05, 4.69) is 10.3 Å². The molecule has 0 bridgehead atoms. The van der Waals surface area contributed by atoms with Crippen molar-refractivity contribution in [1.29, 1.82) is 0 Å². The summed E-state index contributed by atoms with van der Waals surface area (Å²) in [6.07, 6.45) is -2.24. The Bertz CT molecular complexity index is 1170. The molecular weight excluding hydrogens is 429 g/mol. The maximum absolute atomic E-state index is 13.2. The Morgan fingerprint density at radius 1 is 1.00 bits per heavy atom. The summed E-state index contributed by atoms with van der Waals surface area (Å²) in [5.74, 6) is -0.344. The van der Waals surface area contributed by atoms with Crippen molar-refractivity contribution in [1.82, 2.24) is 4.98 Å². The third-order valence-electron chi connectivity index (χ3n) is 4.63. The quantitative estimate of drug-likeness (QED) is 0.591. The van der Waals surface area contributed by atoms with Crippen LogP contribution in [-0.2, 0) is 27.2 Å². The normalized spacial score (nSPS) is 11.9. The van der Waals surface area contributed by atoms with Gasteiger partial charge < -0.3 is 5.32 Å². The molecule has 0 radical (unpaired) electrons. The molecule has 1 aromatic heterocycles. The van der Waals surface area contributed by atoms with Gasteiger partial charge >= 0.3 is 6.18 Å². The van der Waals surface area contributed by atoms with E-state index in [0.29, 0.717) is 16.8 Å². The number of carbonyl (C=O) groups is 1. The number of hydrogen-bond acceptors (Lipinski definition) is 4. The van der Waals surface area contributed by atoms with Crippen LogP contribution in [0.25, 0.3) is 11.1 Å². The lowest BCUT2D eigenvalue weighted by Gasteiger charge is -2.13. The van der Waals surface area contributed by atoms with Gasteiger partial charge in [-0.3, -0.25) is 9.78 Å². The first-order valence-electron chi connectivity index (χ1n) is 9.33. The Morgan fingerprint density at radius 3 is 2.23 bits per heavy atom. The van der Waals surface area contributed by atoms with Crippen LogP contribution in [0, 0.1) is 0 Å². The highest BCUT2D eigenvalue weighted by Crippen LogP contribution is 2.36. The number of nitrogens with zero attached hydrogens (tertiary/aromatic N) is 1. The molecule has 0 saturated carbocycles. The van der Waals surface area contributed by atoms with Crippen molar-refractivity contribution in [3.8, 4) is 11.1 Å². The van der Waals surface area contributed by atoms with Gasteiger partial charge in [-0.15, -0.1) is 0 Å². The Labute approximate surface area is 177 Å². The van der Waals surface area contributed by atoms with E-state index in [-0.39, 0.29) is 28.5 Å². The minimum atomic E-state index is -4.50. The molecule has 3 rings (SSSR count). The Hall–Kier alpha value is -3.20. The van der Waals surface area contributed by atoms with Gasteiger partial charge in [-0.1, -0.05) is 31.2 Å². The maximum atomic E-state index is 13.2. The fourth-order valence-corrected chi connectivity index (χ4v) is 3.86. The van der Waals surface area contributed by atoms with Crippen LogP contribution in [0.4, 0.5) is 18.9 Å². The van der Waals surface area contributed by atoms with Crippen molar-refractivity contribution in [2.75, 3.05) is 11.1 Å². The van der Waals surface area contributed by atoms with Gasteiger partial charge in [0.25, 0.3) is 0 Å². The van der Waals surface area contributed by atoms with Crippen LogP contribution >= 0.6 is 0 Å². The largest absolute Gasteiger partial charge is 0.417 e. The number of amides is 1. The van der Waals surface area contributed by atoms with E-state index in [0.717, 1.165) is 18.5 Å². The predicted octanol–water partition coefficient (Wildman–Crippen LogP) is 4.74. The molecule has 1 N–H and O–H groups in total. The first-order chi connectivity index (χ1) is 14.6. The zero-order valence-electron chi connectivity index (χ0n) is 16.5. The smallest absolute Gasteiger partial charge is 0.326 e. The average Bonchev–Trinajstić information content (AvgIpc) is 2.74. The summed E-state index contributed by atoms with van der Waals surface area (Å²) in [6.45, 7) is 1.56. The first-order valence-corrected chi connectivity index (χ1v) is 11.0. The fraction of sp³-hybridized carbons (Fsp3) is 0.182. The van der Waals surface area contributed by atoms with Gasteiger partial charge in [0.1, 0.15) is 0 Å². The SMILES string of the molecule is CCS(=O)(=O)c1ccc(CC(=O)Nc2ccc(-c3cnccc3C(F)(F)F)cc2)cc1. The van der Waals surface area contributed by atoms with Crippen LogP contribution in [0.5, 0.6) is 0 Å². The third kappa shape index (κ3) is 5.49. The monoisotopic (exact) mass is 448 g/mol. The van der Waals surface area contributed by atoms with Crippen LogP contribution in [0.3, 0.4) is 0 Å². The summed E-state index contributed by atoms with van der Waals surface area (Å²) in [5, 5.41) is 2.67. The highest BCUT2D eigenvalue weighted by Gasteiger charge is 2.33. The summed E-state index contributed by atoms with van der Waals surface area (Å²) >= 11 is 0. The first kappa shape index (κ1) is 22.5. The fourth-order valence-electron chi connectivity index (χ4n) is 2.98. The molecular formula is C22H19F3N2O3S. The number of halogens is 3. The number of aromatic nitrogens is 1. The van der Waals surface area contributed by atoms with E-state index in [1.807, 2.05) is 0 Å². The summed E-state index contributed by atoms with van der Waals surface area (Å²) in [5.41, 5.74) is 0.555. The van der Waals surface area contributed by atoms with Crippen molar-refractivity contribution < 1.29 is 26.4 Å². The van der Waals surface area contributed by atoms with Crippen LogP contribution in [0.15, 0.2) is 71.9 Å². The number of carbonyl (C=O) groups excluding carboxylic acids is 1. The topological polar surface area (TPSA) is 76.1 Å². The molecule has 0 unspecified atom stereocenters. The number of sulfone groups is 1. The van der Waals surface area contributed by atoms with Crippen molar-refractivity contribution in [3.05, 3.63) is 78.1 Å². The Kier molecular flexibility index (Phi) is 6.45. The predicted molar refractivity (Wildman–Crippen MR) is 111 cm³/mol. The molecule has 5 nitrogen and oxygen atoms in total. The Balaban J connectivity index is 1.69. The molecule has 0 aliphatic heterocycles. The molecule has 2 aromatic carbocycles. The molecule has 0 aliphatic carbocycles. The second kappa shape index (κ2) is 8.89. The van der Waals surface area contributed by atoms with Gasteiger partial charge in [0.15, 0.2) is 9.84 Å². The molecule has 0 spiro atoms. The lowest BCUT2D eigenvalue weighted by atomic mass is 10.0. The van der Waals surface area contributed by atoms with E-state index >= 15 is 0 Å². The minimum Gasteiger partial charge on any atom is -0.326 e. The molecule has 0 fully saturated rings. The van der Waals surface area contributed by atoms with E-state index in [4.69, 9.17) is 0 Å². The zero-order chi connectivity index (χ0) is 22.6. The average molecular weight is 448 g/mol. The van der Waals surface area contributed by atoms with Crippen molar-refractivity contribution in [2.24, 2.45) is 0 Å². The van der Waals surface area contributed by atoms with Gasteiger partial charge in [-0.2, -0.15) is 13.2 Å². The highest BCUT2D eigenvalue weighted by atomic mass is 32.2. The molecule has 3 aromatic rings. The summed E-state index contributed by atoms with van der Waals surface area (Å²) in [6, 6.07) is 13.0. The van der Waals surface area contributed by atoms with Crippen molar-refractivity contribution in [2.45, 2.75) is 24.4 Å². The highest BCUT2D eigenvalue weighted by molar-refractivity contribution is 7.91. The van der Waals surface area contributed by atoms with E-state index in [1.165, 1.54) is 36.4 Å². The van der Waals surface area contributed by atoms with Crippen LogP contribution in [0.2, 0.25) is 0 Å². The second-order valence-corrected chi connectivity index (χ2v) is 9.05. The third-order valence-corrected chi connectivity index (χ3v) is 6.38. The molecule has 0 aliphatic rings. The number of pyridine rings is 1. The summed E-state index contributed by atoms with van der Waals surface area (Å²) in [4.78, 5) is 16.2. The minimum absolute atomic E-state index is 0.00760. The molecule has 1 amide bonds. The molecule has 1 heterocycles. The van der Waals surface area contributed by atoms with Crippen LogP contribution in [-0.4, -0.2) is 25.1 Å². The molecule has 0 saturated heterocycles. The lowest BCUT2D eigenvalue weighted by Crippen LogP contribution is -2.14. The van der Waals surface area contributed by atoms with E-state index in [9.17, 15) is 26.4 Å². The van der Waals surface area contributed by atoms with Gasteiger partial charge in [0.2, 0.25) is 5.91 Å². The van der Waals surface area contributed by atoms with E-state index < -0.39 is 21.6 Å². The second-order valence-electron chi connectivity index (χ2n) is 6.77. The maximum Gasteiger partial charge on any atom is 0.417 e. The van der Waals surface area contributed by atoms with Gasteiger partial charge in [0, 0.05) is 23.6 Å². The molecule has 31 heavy (non-hydrogen) atoms. The van der Waals surface area contributed by atoms with Crippen molar-refractivity contribution in [3.63, 3.8) is 0 Å². The van der Waals surface area contributed by atoms with E-state index in [1.54, 1.807) is 19.1 Å². The standard InChI is InChI=1S/C22H19F3N2O3S/c1-2-31(29,30)18-9-3-15(4-10-18)13-21(28)27-17-7-5-16(6-8-17)19-14-26-12-11-20(19)22(23,24)25/h3-12,14H,2,13H2,1H3,(H,27,28). The number of rotatable bonds is 6. The zero-order valence-corrected chi connectivity index (χ0v) is 17.3. The summed E-state index contributed by atoms with van der Waals surface area (Å²) in [7, 11) is -3.31. The number of hydrogen-bond donors (Lipinski definition) is 1. The van der Waals surface area contributed by atoms with Gasteiger partial charge in [-0.05, 0) is 41.5 Å². The van der Waals surface area contributed by atoms with Crippen LogP contribution in [0.1, 0.15) is 18.1 Å². The number of alkyl halides is 3. The van der Waals surface area contributed by atoms with Crippen molar-refractivity contribution >= 4 is 21.4 Å². The lowest BCUT2D eigenvalue weighted by molar-refractivity contribution is -0.137. The van der Waals surface area contributed by atoms with Gasteiger partial charge in [0.05, 0.1) is 22.6 Å². The van der Waals surface area contributed by atoms with Crippen LogP contribution < -0.4 is 5.32 Å². The summed E-state index contributed by atoms with van der Waals surface area (Å²) < 4.78 is 63.2. The van der Waals surface area contributed by atoms with Gasteiger partial charge in [-0.25, -0.2) is 8.42 Å². The molecule has 0 atom stereocenters. The number of anilines is 1. The Morgan fingerprint density at radius 2 is 1.65 bits per heavy atom.